The smallest absolute Gasteiger partial charge is 0.329 e. The summed E-state index contributed by atoms with van der Waals surface area (Å²) in [4.78, 5) is 23.4. The van der Waals surface area contributed by atoms with E-state index in [-0.39, 0.29) is 12.1 Å². The molecule has 2 amide bonds. The number of nitrogens with one attached hydrogen (secondary N) is 2. The maximum atomic E-state index is 12.0. The van der Waals surface area contributed by atoms with Gasteiger partial charge in [0.05, 0.1) is 0 Å². The van der Waals surface area contributed by atoms with Crippen molar-refractivity contribution < 1.29 is 14.7 Å². The van der Waals surface area contributed by atoms with Crippen LogP contribution in [0.1, 0.15) is 59.3 Å². The van der Waals surface area contributed by atoms with Crippen LogP contribution in [0.25, 0.3) is 0 Å². The molecule has 0 aliphatic heterocycles. The van der Waals surface area contributed by atoms with Crippen molar-refractivity contribution in [3.63, 3.8) is 0 Å². The van der Waals surface area contributed by atoms with Gasteiger partial charge in [-0.2, -0.15) is 0 Å². The Labute approximate surface area is 115 Å². The van der Waals surface area contributed by atoms with E-state index in [1.165, 1.54) is 0 Å². The van der Waals surface area contributed by atoms with E-state index in [0.29, 0.717) is 18.8 Å². The molecule has 0 spiro atoms. The van der Waals surface area contributed by atoms with E-state index >= 15 is 0 Å². The van der Waals surface area contributed by atoms with Crippen LogP contribution >= 0.6 is 0 Å². The lowest BCUT2D eigenvalue weighted by atomic mass is 9.82. The topological polar surface area (TPSA) is 78.4 Å². The third-order valence-electron chi connectivity index (χ3n) is 4.33. The molecule has 0 heterocycles. The number of carboxylic acid groups (broad SMARTS) is 1. The summed E-state index contributed by atoms with van der Waals surface area (Å²) in [7, 11) is 0. The second-order valence-electron chi connectivity index (χ2n) is 5.72. The molecule has 0 aromatic heterocycles. The zero-order valence-electron chi connectivity index (χ0n) is 12.2. The van der Waals surface area contributed by atoms with Gasteiger partial charge in [-0.25, -0.2) is 9.59 Å². The molecule has 5 heteroatoms. The summed E-state index contributed by atoms with van der Waals surface area (Å²) in [6.07, 6.45) is 4.77. The summed E-state index contributed by atoms with van der Waals surface area (Å²) >= 11 is 0. The Morgan fingerprint density at radius 2 is 1.79 bits per heavy atom. The fourth-order valence-electron chi connectivity index (χ4n) is 2.50. The van der Waals surface area contributed by atoms with Gasteiger partial charge in [-0.05, 0) is 25.7 Å². The van der Waals surface area contributed by atoms with Gasteiger partial charge in [0.25, 0.3) is 0 Å². The molecule has 1 saturated carbocycles. The Kier molecular flexibility index (Phi) is 5.63. The van der Waals surface area contributed by atoms with Crippen LogP contribution in [0.15, 0.2) is 0 Å². The Morgan fingerprint density at radius 3 is 2.26 bits per heavy atom. The Bertz CT molecular complexity index is 325. The van der Waals surface area contributed by atoms with Crippen LogP contribution in [0.4, 0.5) is 4.79 Å². The summed E-state index contributed by atoms with van der Waals surface area (Å²) in [6, 6.07) is -0.323. The minimum absolute atomic E-state index is 0.0411. The zero-order valence-corrected chi connectivity index (χ0v) is 12.2. The van der Waals surface area contributed by atoms with Crippen LogP contribution in [-0.2, 0) is 4.79 Å². The molecule has 0 radical (unpaired) electrons. The number of rotatable bonds is 5. The lowest BCUT2D eigenvalue weighted by Gasteiger charge is -2.34. The molecular formula is C14H26N2O3. The predicted octanol–water partition coefficient (Wildman–Crippen LogP) is 2.51. The van der Waals surface area contributed by atoms with Crippen molar-refractivity contribution in [2.75, 3.05) is 0 Å². The monoisotopic (exact) mass is 270 g/mol. The van der Waals surface area contributed by atoms with Crippen LogP contribution in [-0.4, -0.2) is 28.7 Å². The number of hydrogen-bond acceptors (Lipinski definition) is 2. The highest BCUT2D eigenvalue weighted by atomic mass is 16.4. The Balaban J connectivity index is 2.59. The molecule has 110 valence electrons. The highest BCUT2D eigenvalue weighted by Crippen LogP contribution is 2.28. The molecule has 0 saturated heterocycles. The number of hydrogen-bond donors (Lipinski definition) is 3. The van der Waals surface area contributed by atoms with E-state index in [9.17, 15) is 14.7 Å². The van der Waals surface area contributed by atoms with Gasteiger partial charge in [0.1, 0.15) is 5.54 Å². The van der Waals surface area contributed by atoms with Crippen molar-refractivity contribution in [1.82, 2.24) is 10.6 Å². The zero-order chi connectivity index (χ0) is 14.5. The number of aliphatic carboxylic acids is 1. The number of carbonyl (C=O) groups excluding carboxylic acids is 1. The minimum Gasteiger partial charge on any atom is -0.480 e. The SMILES string of the molecule is CCC(C)C(C)NC(=O)NC1(C(=O)O)CCCCC1. The fraction of sp³-hybridized carbons (Fsp3) is 0.857. The summed E-state index contributed by atoms with van der Waals surface area (Å²) < 4.78 is 0. The Hall–Kier alpha value is -1.26. The molecule has 1 aliphatic carbocycles. The van der Waals surface area contributed by atoms with Gasteiger partial charge in [-0.1, -0.05) is 39.5 Å². The van der Waals surface area contributed by atoms with Crippen molar-refractivity contribution in [2.45, 2.75) is 70.9 Å². The molecule has 3 N–H and O–H groups in total. The van der Waals surface area contributed by atoms with Crippen molar-refractivity contribution in [3.8, 4) is 0 Å². The molecule has 1 aliphatic rings. The van der Waals surface area contributed by atoms with Gasteiger partial charge in [0, 0.05) is 6.04 Å². The normalized spacial score (nSPS) is 21.2. The molecule has 0 aromatic rings. The third-order valence-corrected chi connectivity index (χ3v) is 4.33. The van der Waals surface area contributed by atoms with Crippen molar-refractivity contribution in [3.05, 3.63) is 0 Å². The molecule has 5 nitrogen and oxygen atoms in total. The van der Waals surface area contributed by atoms with E-state index in [0.717, 1.165) is 25.7 Å². The van der Waals surface area contributed by atoms with Crippen LogP contribution in [0.2, 0.25) is 0 Å². The number of carbonyl (C=O) groups is 2. The molecular weight excluding hydrogens is 244 g/mol. The average Bonchev–Trinajstić information content (AvgIpc) is 2.38. The van der Waals surface area contributed by atoms with Gasteiger partial charge in [0.15, 0.2) is 0 Å². The lowest BCUT2D eigenvalue weighted by Crippen LogP contribution is -2.59. The van der Waals surface area contributed by atoms with Crippen molar-refractivity contribution in [2.24, 2.45) is 5.92 Å². The highest BCUT2D eigenvalue weighted by Gasteiger charge is 2.41. The van der Waals surface area contributed by atoms with Crippen molar-refractivity contribution >= 4 is 12.0 Å². The maximum absolute atomic E-state index is 12.0. The van der Waals surface area contributed by atoms with Crippen molar-refractivity contribution in [1.29, 1.82) is 0 Å². The highest BCUT2D eigenvalue weighted by molar-refractivity contribution is 5.86. The molecule has 2 unspecified atom stereocenters. The quantitative estimate of drug-likeness (QED) is 0.718. The first-order valence-electron chi connectivity index (χ1n) is 7.23. The van der Waals surface area contributed by atoms with Crippen LogP contribution < -0.4 is 10.6 Å². The van der Waals surface area contributed by atoms with Crippen LogP contribution in [0.3, 0.4) is 0 Å². The Morgan fingerprint density at radius 1 is 1.21 bits per heavy atom. The summed E-state index contributed by atoms with van der Waals surface area (Å²) in [5, 5.41) is 14.9. The molecule has 1 rings (SSSR count). The predicted molar refractivity (Wildman–Crippen MR) is 74.0 cm³/mol. The minimum atomic E-state index is -1.07. The molecule has 2 atom stereocenters. The third kappa shape index (κ3) is 4.11. The largest absolute Gasteiger partial charge is 0.480 e. The number of carboxylic acids is 1. The van der Waals surface area contributed by atoms with Gasteiger partial charge in [-0.3, -0.25) is 0 Å². The molecule has 19 heavy (non-hydrogen) atoms. The maximum Gasteiger partial charge on any atom is 0.329 e. The lowest BCUT2D eigenvalue weighted by molar-refractivity contribution is -0.145. The summed E-state index contributed by atoms with van der Waals surface area (Å²) in [5.41, 5.74) is -1.07. The van der Waals surface area contributed by atoms with E-state index < -0.39 is 11.5 Å². The van der Waals surface area contributed by atoms with Gasteiger partial charge >= 0.3 is 12.0 Å². The van der Waals surface area contributed by atoms with E-state index in [4.69, 9.17) is 0 Å². The number of amides is 2. The van der Waals surface area contributed by atoms with Gasteiger partial charge < -0.3 is 15.7 Å². The molecule has 1 fully saturated rings. The summed E-state index contributed by atoms with van der Waals surface area (Å²) in [5.74, 6) is -0.545. The molecule has 0 bridgehead atoms. The van der Waals surface area contributed by atoms with Gasteiger partial charge in [0.2, 0.25) is 0 Å². The summed E-state index contributed by atoms with van der Waals surface area (Å²) in [6.45, 7) is 6.08. The molecule has 0 aromatic carbocycles. The first-order chi connectivity index (χ1) is 8.91. The van der Waals surface area contributed by atoms with Crippen LogP contribution in [0, 0.1) is 5.92 Å². The fourth-order valence-corrected chi connectivity index (χ4v) is 2.50. The first kappa shape index (κ1) is 15.8. The van der Waals surface area contributed by atoms with E-state index in [2.05, 4.69) is 24.5 Å². The standard InChI is InChI=1S/C14H26N2O3/c1-4-10(2)11(3)15-13(19)16-14(12(17)18)8-6-5-7-9-14/h10-11H,4-9H2,1-3H3,(H,17,18)(H2,15,16,19). The van der Waals surface area contributed by atoms with E-state index in [1.807, 2.05) is 6.92 Å². The number of urea groups is 1. The average molecular weight is 270 g/mol. The van der Waals surface area contributed by atoms with E-state index in [1.54, 1.807) is 0 Å². The second kappa shape index (κ2) is 6.78. The first-order valence-corrected chi connectivity index (χ1v) is 7.23. The second-order valence-corrected chi connectivity index (χ2v) is 5.72. The van der Waals surface area contributed by atoms with Gasteiger partial charge in [-0.15, -0.1) is 0 Å². The van der Waals surface area contributed by atoms with Crippen LogP contribution in [0.5, 0.6) is 0 Å².